The SMILES string of the molecule is O=C(COc1ccc([C@@H]2CC(=O)Nc3ncnn32)cc1Cl)Nc1cccc(C(F)(F)F)c1. The molecule has 1 atom stereocenters. The zero-order valence-electron chi connectivity index (χ0n) is 16.2. The normalized spacial score (nSPS) is 15.6. The molecule has 0 bridgehead atoms. The predicted molar refractivity (Wildman–Crippen MR) is 108 cm³/mol. The molecule has 4 rings (SSSR count). The number of rotatable bonds is 5. The van der Waals surface area contributed by atoms with Gasteiger partial charge in [0.05, 0.1) is 23.0 Å². The minimum Gasteiger partial charge on any atom is -0.482 e. The smallest absolute Gasteiger partial charge is 0.416 e. The van der Waals surface area contributed by atoms with Crippen molar-refractivity contribution < 1.29 is 27.5 Å². The van der Waals surface area contributed by atoms with Crippen LogP contribution < -0.4 is 15.4 Å². The average molecular weight is 466 g/mol. The highest BCUT2D eigenvalue weighted by Gasteiger charge is 2.30. The maximum Gasteiger partial charge on any atom is 0.416 e. The van der Waals surface area contributed by atoms with E-state index < -0.39 is 30.3 Å². The number of alkyl halides is 3. The van der Waals surface area contributed by atoms with Crippen molar-refractivity contribution in [3.63, 3.8) is 0 Å². The molecule has 1 aliphatic heterocycles. The van der Waals surface area contributed by atoms with Crippen LogP contribution in [0, 0.1) is 0 Å². The summed E-state index contributed by atoms with van der Waals surface area (Å²) in [7, 11) is 0. The Morgan fingerprint density at radius 2 is 2.09 bits per heavy atom. The molecule has 0 unspecified atom stereocenters. The summed E-state index contributed by atoms with van der Waals surface area (Å²) in [4.78, 5) is 28.0. The van der Waals surface area contributed by atoms with Crippen molar-refractivity contribution >= 4 is 35.1 Å². The van der Waals surface area contributed by atoms with Crippen molar-refractivity contribution in [1.29, 1.82) is 0 Å². The number of carbonyl (C=O) groups excluding carboxylic acids is 2. The summed E-state index contributed by atoms with van der Waals surface area (Å²) in [6.45, 7) is -0.464. The van der Waals surface area contributed by atoms with Gasteiger partial charge in [-0.25, -0.2) is 4.68 Å². The number of halogens is 4. The first kappa shape index (κ1) is 21.6. The molecule has 2 aromatic carbocycles. The highest BCUT2D eigenvalue weighted by molar-refractivity contribution is 6.32. The van der Waals surface area contributed by atoms with Gasteiger partial charge in [-0.05, 0) is 35.9 Å². The van der Waals surface area contributed by atoms with Gasteiger partial charge in [0.15, 0.2) is 6.61 Å². The van der Waals surface area contributed by atoms with Crippen LogP contribution in [0.1, 0.15) is 23.6 Å². The van der Waals surface area contributed by atoms with E-state index in [1.54, 1.807) is 22.9 Å². The van der Waals surface area contributed by atoms with Gasteiger partial charge in [-0.1, -0.05) is 23.7 Å². The van der Waals surface area contributed by atoms with E-state index >= 15 is 0 Å². The Balaban J connectivity index is 1.41. The van der Waals surface area contributed by atoms with Gasteiger partial charge in [-0.15, -0.1) is 0 Å². The second-order valence-corrected chi connectivity index (χ2v) is 7.31. The lowest BCUT2D eigenvalue weighted by atomic mass is 10.0. The van der Waals surface area contributed by atoms with Crippen LogP contribution >= 0.6 is 11.6 Å². The van der Waals surface area contributed by atoms with Gasteiger partial charge in [-0.2, -0.15) is 23.3 Å². The number of carbonyl (C=O) groups is 2. The number of hydrogen-bond donors (Lipinski definition) is 2. The van der Waals surface area contributed by atoms with E-state index in [1.807, 2.05) is 0 Å². The van der Waals surface area contributed by atoms with Gasteiger partial charge in [-0.3, -0.25) is 14.9 Å². The van der Waals surface area contributed by atoms with E-state index in [9.17, 15) is 22.8 Å². The highest BCUT2D eigenvalue weighted by atomic mass is 35.5. The van der Waals surface area contributed by atoms with Crippen molar-refractivity contribution in [2.75, 3.05) is 17.2 Å². The Hall–Kier alpha value is -3.60. The van der Waals surface area contributed by atoms with E-state index in [-0.39, 0.29) is 28.8 Å². The molecule has 1 aromatic heterocycles. The van der Waals surface area contributed by atoms with Gasteiger partial charge in [0.2, 0.25) is 11.9 Å². The number of anilines is 2. The molecule has 3 aromatic rings. The lowest BCUT2D eigenvalue weighted by Gasteiger charge is -2.24. The summed E-state index contributed by atoms with van der Waals surface area (Å²) in [6.07, 6.45) is -3.04. The molecule has 0 fully saturated rings. The first-order valence-corrected chi connectivity index (χ1v) is 9.67. The largest absolute Gasteiger partial charge is 0.482 e. The summed E-state index contributed by atoms with van der Waals surface area (Å²) in [5, 5.41) is 9.28. The predicted octanol–water partition coefficient (Wildman–Crippen LogP) is 3.90. The first-order valence-electron chi connectivity index (χ1n) is 9.29. The summed E-state index contributed by atoms with van der Waals surface area (Å²) in [5.41, 5.74) is -0.187. The molecule has 166 valence electrons. The van der Waals surface area contributed by atoms with Crippen LogP contribution in [0.2, 0.25) is 5.02 Å². The van der Waals surface area contributed by atoms with Crippen LogP contribution in [-0.2, 0) is 15.8 Å². The van der Waals surface area contributed by atoms with Crippen molar-refractivity contribution in [2.24, 2.45) is 0 Å². The second kappa shape index (κ2) is 8.50. The minimum absolute atomic E-state index is 0.00548. The maximum atomic E-state index is 12.8. The molecule has 0 radical (unpaired) electrons. The summed E-state index contributed by atoms with van der Waals surface area (Å²) < 4.78 is 45.3. The molecule has 2 amide bonds. The van der Waals surface area contributed by atoms with Crippen molar-refractivity contribution in [2.45, 2.75) is 18.6 Å². The quantitative estimate of drug-likeness (QED) is 0.595. The summed E-state index contributed by atoms with van der Waals surface area (Å²) >= 11 is 6.27. The Kier molecular flexibility index (Phi) is 5.74. The zero-order valence-corrected chi connectivity index (χ0v) is 16.9. The monoisotopic (exact) mass is 465 g/mol. The molecule has 12 heteroatoms. The fraction of sp³-hybridized carbons (Fsp3) is 0.200. The topological polar surface area (TPSA) is 98.1 Å². The van der Waals surface area contributed by atoms with E-state index in [0.29, 0.717) is 11.5 Å². The zero-order chi connectivity index (χ0) is 22.9. The van der Waals surface area contributed by atoms with Crippen LogP contribution in [0.3, 0.4) is 0 Å². The molecule has 2 N–H and O–H groups in total. The van der Waals surface area contributed by atoms with Crippen LogP contribution in [0.5, 0.6) is 5.75 Å². The third-order valence-corrected chi connectivity index (χ3v) is 4.97. The van der Waals surface area contributed by atoms with E-state index in [2.05, 4.69) is 20.7 Å². The molecule has 0 saturated carbocycles. The Morgan fingerprint density at radius 3 is 2.84 bits per heavy atom. The van der Waals surface area contributed by atoms with Crippen LogP contribution in [0.15, 0.2) is 48.8 Å². The number of nitrogens with zero attached hydrogens (tertiary/aromatic N) is 3. The van der Waals surface area contributed by atoms with Crippen molar-refractivity contribution in [3.8, 4) is 5.75 Å². The number of nitrogens with one attached hydrogen (secondary N) is 2. The number of amides is 2. The molecule has 2 heterocycles. The van der Waals surface area contributed by atoms with E-state index in [4.69, 9.17) is 16.3 Å². The fourth-order valence-corrected chi connectivity index (χ4v) is 3.46. The van der Waals surface area contributed by atoms with Gasteiger partial charge < -0.3 is 10.1 Å². The number of hydrogen-bond acceptors (Lipinski definition) is 5. The van der Waals surface area contributed by atoms with Crippen LogP contribution in [0.25, 0.3) is 0 Å². The van der Waals surface area contributed by atoms with E-state index in [1.165, 1.54) is 18.5 Å². The van der Waals surface area contributed by atoms with Crippen LogP contribution in [0.4, 0.5) is 24.8 Å². The Labute approximate surface area is 184 Å². The molecule has 0 aliphatic carbocycles. The number of aromatic nitrogens is 3. The lowest BCUT2D eigenvalue weighted by Crippen LogP contribution is -2.29. The number of benzene rings is 2. The van der Waals surface area contributed by atoms with Gasteiger partial charge in [0, 0.05) is 5.69 Å². The van der Waals surface area contributed by atoms with Gasteiger partial charge in [0.1, 0.15) is 12.1 Å². The highest BCUT2D eigenvalue weighted by Crippen LogP contribution is 2.34. The summed E-state index contributed by atoms with van der Waals surface area (Å²) in [6, 6.07) is 8.69. The third-order valence-electron chi connectivity index (χ3n) is 4.67. The van der Waals surface area contributed by atoms with Crippen molar-refractivity contribution in [1.82, 2.24) is 14.8 Å². The maximum absolute atomic E-state index is 12.8. The third kappa shape index (κ3) is 4.67. The minimum atomic E-state index is -4.52. The molecule has 0 saturated heterocycles. The molecule has 0 spiro atoms. The molecular formula is C20H15ClF3N5O3. The number of fused-ring (bicyclic) bond motifs is 1. The molecule has 32 heavy (non-hydrogen) atoms. The Bertz CT molecular complexity index is 1180. The Morgan fingerprint density at radius 1 is 1.28 bits per heavy atom. The lowest BCUT2D eigenvalue weighted by molar-refractivity contribution is -0.137. The second-order valence-electron chi connectivity index (χ2n) is 6.90. The molecule has 8 nitrogen and oxygen atoms in total. The number of ether oxygens (including phenoxy) is 1. The standard InChI is InChI=1S/C20H15ClF3N5O3/c21-14-6-11(15-8-17(30)28-19-25-10-26-29(15)19)4-5-16(14)32-9-18(31)27-13-3-1-2-12(7-13)20(22,23)24/h1-7,10,15H,8-9H2,(H,27,31)(H,25,26,28,30)/t15-/m0/s1. The fourth-order valence-electron chi connectivity index (χ4n) is 3.22. The van der Waals surface area contributed by atoms with Crippen molar-refractivity contribution in [3.05, 3.63) is 64.9 Å². The summed E-state index contributed by atoms with van der Waals surface area (Å²) in [5.74, 6) is -0.332. The first-order chi connectivity index (χ1) is 15.2. The molecular weight excluding hydrogens is 451 g/mol. The van der Waals surface area contributed by atoms with Gasteiger partial charge in [0.25, 0.3) is 5.91 Å². The van der Waals surface area contributed by atoms with Gasteiger partial charge >= 0.3 is 6.18 Å². The van der Waals surface area contributed by atoms with Crippen LogP contribution in [-0.4, -0.2) is 33.2 Å². The average Bonchev–Trinajstić information content (AvgIpc) is 3.20. The van der Waals surface area contributed by atoms with E-state index in [0.717, 1.165) is 12.1 Å². The molecule has 1 aliphatic rings.